The zero-order valence-corrected chi connectivity index (χ0v) is 23.6. The molecule has 0 aliphatic carbocycles. The molecular formula is C31H40F3N3O4. The highest BCUT2D eigenvalue weighted by molar-refractivity contribution is 5.94. The second kappa shape index (κ2) is 13.6. The van der Waals surface area contributed by atoms with Crippen LogP contribution in [0.5, 0.6) is 0 Å². The van der Waals surface area contributed by atoms with Gasteiger partial charge in [0.15, 0.2) is 0 Å². The maximum atomic E-state index is 13.3. The van der Waals surface area contributed by atoms with Crippen LogP contribution in [0.1, 0.15) is 78.1 Å². The number of pyridine rings is 1. The Bertz CT molecular complexity index is 1140. The SMILES string of the molecule is CO[C@@H]1COCC[C@@H]1NC1CCN(C(=O)c2cncc(CC[C@H]3CCC[C@@H](c4ccc(C(F)(F)F)cc4)O3)c2)CC1. The van der Waals surface area contributed by atoms with Crippen molar-refractivity contribution in [3.05, 3.63) is 65.0 Å². The Labute approximate surface area is 239 Å². The molecule has 1 aromatic heterocycles. The van der Waals surface area contributed by atoms with Gasteiger partial charge in [0.1, 0.15) is 0 Å². The average molecular weight is 576 g/mol. The van der Waals surface area contributed by atoms with Gasteiger partial charge in [-0.15, -0.1) is 0 Å². The van der Waals surface area contributed by atoms with Gasteiger partial charge in [-0.1, -0.05) is 12.1 Å². The standard InChI is InChI=1S/C31H40F3N3O4/c1-39-29-20-40-16-13-27(29)36-25-11-14-37(15-12-25)30(38)23-17-21(18-35-19-23)5-10-26-3-2-4-28(41-26)22-6-8-24(9-7-22)31(32,33)34/h6-9,17-19,25-29,36H,2-5,10-16,20H2,1H3/t26-,27+,28+,29-/m1/s1. The molecule has 3 aliphatic heterocycles. The Balaban J connectivity index is 1.10. The van der Waals surface area contributed by atoms with Crippen molar-refractivity contribution in [2.24, 2.45) is 0 Å². The number of ether oxygens (including phenoxy) is 3. The molecule has 0 saturated carbocycles. The Kier molecular flexibility index (Phi) is 9.95. The number of aromatic nitrogens is 1. The summed E-state index contributed by atoms with van der Waals surface area (Å²) in [6.07, 6.45) is 5.82. The fraction of sp³-hybridized carbons (Fsp3) is 0.613. The summed E-state index contributed by atoms with van der Waals surface area (Å²) < 4.78 is 56.1. The predicted octanol–water partition coefficient (Wildman–Crippen LogP) is 5.34. The first kappa shape index (κ1) is 29.9. The van der Waals surface area contributed by atoms with Crippen LogP contribution in [0.25, 0.3) is 0 Å². The van der Waals surface area contributed by atoms with Gasteiger partial charge in [0.2, 0.25) is 0 Å². The van der Waals surface area contributed by atoms with Gasteiger partial charge in [0.25, 0.3) is 5.91 Å². The lowest BCUT2D eigenvalue weighted by atomic mass is 9.95. The van der Waals surface area contributed by atoms with E-state index in [1.165, 1.54) is 12.1 Å². The van der Waals surface area contributed by atoms with E-state index in [0.717, 1.165) is 81.2 Å². The number of nitrogens with zero attached hydrogens (tertiary/aromatic N) is 2. The van der Waals surface area contributed by atoms with Crippen molar-refractivity contribution >= 4 is 5.91 Å². The van der Waals surface area contributed by atoms with E-state index in [4.69, 9.17) is 14.2 Å². The molecule has 41 heavy (non-hydrogen) atoms. The molecule has 3 saturated heterocycles. The second-order valence-electron chi connectivity index (χ2n) is 11.4. The molecule has 2 aromatic rings. The van der Waals surface area contributed by atoms with Crippen LogP contribution >= 0.6 is 0 Å². The van der Waals surface area contributed by atoms with Crippen molar-refractivity contribution in [1.82, 2.24) is 15.2 Å². The smallest absolute Gasteiger partial charge is 0.379 e. The minimum atomic E-state index is -4.34. The molecule has 10 heteroatoms. The lowest BCUT2D eigenvalue weighted by molar-refractivity contribution is -0.137. The molecule has 0 unspecified atom stereocenters. The highest BCUT2D eigenvalue weighted by atomic mass is 19.4. The second-order valence-corrected chi connectivity index (χ2v) is 11.4. The van der Waals surface area contributed by atoms with Crippen molar-refractivity contribution in [2.45, 2.75) is 87.9 Å². The quantitative estimate of drug-likeness (QED) is 0.458. The lowest BCUT2D eigenvalue weighted by Crippen LogP contribution is -2.54. The number of piperidine rings is 1. The Morgan fingerprint density at radius 3 is 2.61 bits per heavy atom. The van der Waals surface area contributed by atoms with Crippen molar-refractivity contribution < 1.29 is 32.2 Å². The van der Waals surface area contributed by atoms with Gasteiger partial charge in [-0.2, -0.15) is 13.2 Å². The molecule has 4 heterocycles. The number of carbonyl (C=O) groups is 1. The summed E-state index contributed by atoms with van der Waals surface area (Å²) in [5.41, 5.74) is 1.72. The van der Waals surface area contributed by atoms with E-state index in [1.54, 1.807) is 19.5 Å². The highest BCUT2D eigenvalue weighted by Gasteiger charge is 2.32. The van der Waals surface area contributed by atoms with Gasteiger partial charge in [-0.3, -0.25) is 9.78 Å². The van der Waals surface area contributed by atoms with Crippen LogP contribution in [0.15, 0.2) is 42.7 Å². The molecule has 7 nitrogen and oxygen atoms in total. The minimum Gasteiger partial charge on any atom is -0.379 e. The maximum absolute atomic E-state index is 13.3. The number of likely N-dealkylation sites (tertiary alicyclic amines) is 1. The van der Waals surface area contributed by atoms with Crippen LogP contribution in [-0.4, -0.2) is 73.5 Å². The molecule has 5 rings (SSSR count). The van der Waals surface area contributed by atoms with Crippen LogP contribution in [0.4, 0.5) is 13.2 Å². The Morgan fingerprint density at radius 1 is 1.10 bits per heavy atom. The number of aryl methyl sites for hydroxylation is 1. The fourth-order valence-electron chi connectivity index (χ4n) is 6.18. The van der Waals surface area contributed by atoms with Crippen molar-refractivity contribution in [3.8, 4) is 0 Å². The first-order valence-corrected chi connectivity index (χ1v) is 14.7. The zero-order chi connectivity index (χ0) is 28.8. The van der Waals surface area contributed by atoms with Crippen LogP contribution in [0.3, 0.4) is 0 Å². The summed E-state index contributed by atoms with van der Waals surface area (Å²) in [6.45, 7) is 2.75. The van der Waals surface area contributed by atoms with Crippen LogP contribution in [0, 0.1) is 0 Å². The highest BCUT2D eigenvalue weighted by Crippen LogP contribution is 2.35. The molecule has 1 N–H and O–H groups in total. The minimum absolute atomic E-state index is 0.00918. The first-order valence-electron chi connectivity index (χ1n) is 14.7. The number of benzene rings is 1. The number of carbonyl (C=O) groups excluding carboxylic acids is 1. The molecule has 224 valence electrons. The van der Waals surface area contributed by atoms with Gasteiger partial charge in [0, 0.05) is 51.3 Å². The molecule has 0 spiro atoms. The number of methoxy groups -OCH3 is 1. The monoisotopic (exact) mass is 575 g/mol. The zero-order valence-electron chi connectivity index (χ0n) is 23.6. The van der Waals surface area contributed by atoms with E-state index >= 15 is 0 Å². The number of hydrogen-bond donors (Lipinski definition) is 1. The van der Waals surface area contributed by atoms with Crippen molar-refractivity contribution in [2.75, 3.05) is 33.4 Å². The summed E-state index contributed by atoms with van der Waals surface area (Å²) in [7, 11) is 1.72. The third-order valence-corrected chi connectivity index (χ3v) is 8.59. The molecule has 1 aromatic carbocycles. The van der Waals surface area contributed by atoms with Gasteiger partial charge in [-0.25, -0.2) is 0 Å². The lowest BCUT2D eigenvalue weighted by Gasteiger charge is -2.38. The maximum Gasteiger partial charge on any atom is 0.416 e. The third-order valence-electron chi connectivity index (χ3n) is 8.59. The average Bonchev–Trinajstić information content (AvgIpc) is 3.00. The Hall–Kier alpha value is -2.53. The number of hydrogen-bond acceptors (Lipinski definition) is 6. The van der Waals surface area contributed by atoms with Crippen LogP contribution < -0.4 is 5.32 Å². The summed E-state index contributed by atoms with van der Waals surface area (Å²) in [5, 5.41) is 3.72. The van der Waals surface area contributed by atoms with E-state index < -0.39 is 11.7 Å². The molecule has 4 atom stereocenters. The molecule has 3 aliphatic rings. The third kappa shape index (κ3) is 7.85. The van der Waals surface area contributed by atoms with E-state index in [0.29, 0.717) is 31.3 Å². The normalized spacial score (nSPS) is 26.2. The van der Waals surface area contributed by atoms with E-state index in [-0.39, 0.29) is 30.3 Å². The number of amides is 1. The molecular weight excluding hydrogens is 535 g/mol. The largest absolute Gasteiger partial charge is 0.416 e. The van der Waals surface area contributed by atoms with E-state index in [9.17, 15) is 18.0 Å². The molecule has 1 amide bonds. The summed E-state index contributed by atoms with van der Waals surface area (Å²) >= 11 is 0. The van der Waals surface area contributed by atoms with Crippen LogP contribution in [-0.2, 0) is 26.8 Å². The van der Waals surface area contributed by atoms with E-state index in [2.05, 4.69) is 10.3 Å². The number of halogens is 3. The number of nitrogens with one attached hydrogen (secondary N) is 1. The fourth-order valence-corrected chi connectivity index (χ4v) is 6.18. The summed E-state index contributed by atoms with van der Waals surface area (Å²) in [6, 6.07) is 7.85. The molecule has 3 fully saturated rings. The van der Waals surface area contributed by atoms with Gasteiger partial charge >= 0.3 is 6.18 Å². The first-order chi connectivity index (χ1) is 19.8. The van der Waals surface area contributed by atoms with Gasteiger partial charge in [0.05, 0.1) is 36.0 Å². The number of rotatable bonds is 8. The molecule has 0 bridgehead atoms. The summed E-state index contributed by atoms with van der Waals surface area (Å²) in [5.74, 6) is 0.00918. The Morgan fingerprint density at radius 2 is 1.88 bits per heavy atom. The van der Waals surface area contributed by atoms with Gasteiger partial charge < -0.3 is 24.4 Å². The predicted molar refractivity (Wildman–Crippen MR) is 148 cm³/mol. The number of alkyl halides is 3. The molecule has 0 radical (unpaired) electrons. The van der Waals surface area contributed by atoms with Crippen molar-refractivity contribution in [3.63, 3.8) is 0 Å². The topological polar surface area (TPSA) is 72.9 Å². The van der Waals surface area contributed by atoms with Gasteiger partial charge in [-0.05, 0) is 80.7 Å². The van der Waals surface area contributed by atoms with Crippen molar-refractivity contribution in [1.29, 1.82) is 0 Å². The summed E-state index contributed by atoms with van der Waals surface area (Å²) in [4.78, 5) is 19.5. The van der Waals surface area contributed by atoms with Crippen LogP contribution in [0.2, 0.25) is 0 Å². The van der Waals surface area contributed by atoms with E-state index in [1.807, 2.05) is 11.0 Å².